The summed E-state index contributed by atoms with van der Waals surface area (Å²) in [4.78, 5) is 21.0. The Kier molecular flexibility index (Phi) is 5.33. The van der Waals surface area contributed by atoms with E-state index in [9.17, 15) is 10.1 Å². The normalized spacial score (nSPS) is 10.4. The van der Waals surface area contributed by atoms with Crippen molar-refractivity contribution in [3.63, 3.8) is 0 Å². The molecule has 1 heterocycles. The molecule has 1 N–H and O–H groups in total. The molecule has 0 aliphatic carbocycles. The average molecular weight is 336 g/mol. The Morgan fingerprint density at radius 3 is 2.57 bits per heavy atom. The highest BCUT2D eigenvalue weighted by Crippen LogP contribution is 2.34. The Hall–Kier alpha value is -2.41. The van der Waals surface area contributed by atoms with Gasteiger partial charge >= 0.3 is 5.69 Å². The number of halogens is 1. The van der Waals surface area contributed by atoms with Crippen molar-refractivity contribution in [2.45, 2.75) is 20.8 Å². The van der Waals surface area contributed by atoms with E-state index in [1.807, 2.05) is 25.7 Å². The SMILES string of the molecule is CCN(CC)c1ncnc(Nc2ccc(Cl)cc2C)c1[N+](=O)[O-]. The lowest BCUT2D eigenvalue weighted by Gasteiger charge is -2.20. The quantitative estimate of drug-likeness (QED) is 0.636. The van der Waals surface area contributed by atoms with Gasteiger partial charge in [0.2, 0.25) is 11.6 Å². The molecule has 23 heavy (non-hydrogen) atoms. The van der Waals surface area contributed by atoms with Crippen molar-refractivity contribution in [3.8, 4) is 0 Å². The molecule has 7 nitrogen and oxygen atoms in total. The lowest BCUT2D eigenvalue weighted by atomic mass is 10.2. The molecule has 8 heteroatoms. The number of aromatic nitrogens is 2. The Labute approximate surface area is 139 Å². The third kappa shape index (κ3) is 3.68. The van der Waals surface area contributed by atoms with Crippen molar-refractivity contribution in [2.24, 2.45) is 0 Å². The maximum absolute atomic E-state index is 11.5. The first-order valence-electron chi connectivity index (χ1n) is 7.25. The molecule has 0 amide bonds. The Balaban J connectivity index is 2.49. The fraction of sp³-hybridized carbons (Fsp3) is 0.333. The third-order valence-corrected chi connectivity index (χ3v) is 3.73. The van der Waals surface area contributed by atoms with E-state index in [1.165, 1.54) is 6.33 Å². The molecule has 0 saturated carbocycles. The number of nitrogens with zero attached hydrogens (tertiary/aromatic N) is 4. The lowest BCUT2D eigenvalue weighted by Crippen LogP contribution is -2.24. The third-order valence-electron chi connectivity index (χ3n) is 3.49. The minimum atomic E-state index is -0.457. The van der Waals surface area contributed by atoms with E-state index in [0.29, 0.717) is 29.6 Å². The molecule has 0 unspecified atom stereocenters. The second kappa shape index (κ2) is 7.23. The monoisotopic (exact) mass is 335 g/mol. The molecule has 0 radical (unpaired) electrons. The second-order valence-electron chi connectivity index (χ2n) is 4.91. The zero-order chi connectivity index (χ0) is 17.0. The largest absolute Gasteiger partial charge is 0.353 e. The maximum atomic E-state index is 11.5. The van der Waals surface area contributed by atoms with Gasteiger partial charge in [-0.05, 0) is 44.5 Å². The van der Waals surface area contributed by atoms with Crippen LogP contribution in [0.15, 0.2) is 24.5 Å². The van der Waals surface area contributed by atoms with Crippen LogP contribution in [-0.4, -0.2) is 28.0 Å². The number of nitro groups is 1. The van der Waals surface area contributed by atoms with Crippen LogP contribution in [0.3, 0.4) is 0 Å². The van der Waals surface area contributed by atoms with E-state index >= 15 is 0 Å². The lowest BCUT2D eigenvalue weighted by molar-refractivity contribution is -0.383. The molecule has 0 bridgehead atoms. The van der Waals surface area contributed by atoms with Crippen LogP contribution < -0.4 is 10.2 Å². The predicted molar refractivity (Wildman–Crippen MR) is 91.7 cm³/mol. The van der Waals surface area contributed by atoms with Gasteiger partial charge in [-0.2, -0.15) is 0 Å². The zero-order valence-electron chi connectivity index (χ0n) is 13.2. The topological polar surface area (TPSA) is 84.2 Å². The fourth-order valence-corrected chi connectivity index (χ4v) is 2.51. The van der Waals surface area contributed by atoms with Gasteiger partial charge in [0.1, 0.15) is 6.33 Å². The van der Waals surface area contributed by atoms with E-state index in [1.54, 1.807) is 18.2 Å². The molecular weight excluding hydrogens is 318 g/mol. The molecule has 1 aromatic carbocycles. The molecule has 0 saturated heterocycles. The predicted octanol–water partition coefficient (Wildman–Crippen LogP) is 3.94. The summed E-state index contributed by atoms with van der Waals surface area (Å²) in [5, 5.41) is 15.2. The van der Waals surface area contributed by atoms with Gasteiger partial charge in [0, 0.05) is 23.8 Å². The van der Waals surface area contributed by atoms with Crippen molar-refractivity contribution in [1.29, 1.82) is 0 Å². The van der Waals surface area contributed by atoms with Gasteiger partial charge in [0.25, 0.3) is 0 Å². The number of anilines is 3. The van der Waals surface area contributed by atoms with E-state index in [-0.39, 0.29) is 11.5 Å². The summed E-state index contributed by atoms with van der Waals surface area (Å²) in [6.45, 7) is 6.95. The molecule has 2 aromatic rings. The van der Waals surface area contributed by atoms with Crippen LogP contribution in [0.5, 0.6) is 0 Å². The summed E-state index contributed by atoms with van der Waals surface area (Å²) in [5.41, 5.74) is 1.45. The highest BCUT2D eigenvalue weighted by molar-refractivity contribution is 6.30. The van der Waals surface area contributed by atoms with Crippen LogP contribution in [0.4, 0.5) is 23.0 Å². The van der Waals surface area contributed by atoms with Crippen LogP contribution in [0.25, 0.3) is 0 Å². The van der Waals surface area contributed by atoms with E-state index in [0.717, 1.165) is 5.56 Å². The molecule has 0 spiro atoms. The van der Waals surface area contributed by atoms with Crippen LogP contribution in [0, 0.1) is 17.0 Å². The van der Waals surface area contributed by atoms with Gasteiger partial charge in [0.05, 0.1) is 4.92 Å². The van der Waals surface area contributed by atoms with Gasteiger partial charge in [-0.1, -0.05) is 11.6 Å². The highest BCUT2D eigenvalue weighted by Gasteiger charge is 2.26. The number of nitrogens with one attached hydrogen (secondary N) is 1. The molecule has 0 aliphatic heterocycles. The number of rotatable bonds is 6. The summed E-state index contributed by atoms with van der Waals surface area (Å²) < 4.78 is 0. The van der Waals surface area contributed by atoms with Crippen molar-refractivity contribution in [2.75, 3.05) is 23.3 Å². The minimum Gasteiger partial charge on any atom is -0.351 e. The first-order valence-corrected chi connectivity index (χ1v) is 7.63. The number of hydrogen-bond acceptors (Lipinski definition) is 6. The molecule has 2 rings (SSSR count). The summed E-state index contributed by atoms with van der Waals surface area (Å²) in [6.07, 6.45) is 1.33. The molecule has 0 fully saturated rings. The molecule has 0 atom stereocenters. The van der Waals surface area contributed by atoms with Crippen LogP contribution in [-0.2, 0) is 0 Å². The van der Waals surface area contributed by atoms with Crippen LogP contribution in [0.1, 0.15) is 19.4 Å². The van der Waals surface area contributed by atoms with Crippen molar-refractivity contribution in [3.05, 3.63) is 45.2 Å². The summed E-state index contributed by atoms with van der Waals surface area (Å²) in [6, 6.07) is 5.26. The number of hydrogen-bond donors (Lipinski definition) is 1. The fourth-order valence-electron chi connectivity index (χ4n) is 2.28. The first-order chi connectivity index (χ1) is 11.0. The molecule has 122 valence electrons. The molecule has 0 aliphatic rings. The van der Waals surface area contributed by atoms with Gasteiger partial charge < -0.3 is 10.2 Å². The smallest absolute Gasteiger partial charge is 0.351 e. The molecular formula is C15H18ClN5O2. The minimum absolute atomic E-state index is 0.134. The van der Waals surface area contributed by atoms with Crippen LogP contribution in [0.2, 0.25) is 5.02 Å². The highest BCUT2D eigenvalue weighted by atomic mass is 35.5. The van der Waals surface area contributed by atoms with Crippen molar-refractivity contribution >= 4 is 34.6 Å². The Morgan fingerprint density at radius 1 is 1.30 bits per heavy atom. The Morgan fingerprint density at radius 2 is 2.00 bits per heavy atom. The first kappa shape index (κ1) is 17.0. The van der Waals surface area contributed by atoms with Crippen LogP contribution >= 0.6 is 11.6 Å². The van der Waals surface area contributed by atoms with Gasteiger partial charge in [0.15, 0.2) is 0 Å². The summed E-state index contributed by atoms with van der Waals surface area (Å²) in [5.74, 6) is 0.474. The summed E-state index contributed by atoms with van der Waals surface area (Å²) in [7, 11) is 0. The standard InChI is InChI=1S/C15H18ClN5O2/c1-4-20(5-2)15-13(21(22)23)14(17-9-18-15)19-12-7-6-11(16)8-10(12)3/h6-9H,4-5H2,1-3H3,(H,17,18,19). The number of benzene rings is 1. The summed E-state index contributed by atoms with van der Waals surface area (Å²) >= 11 is 5.94. The number of aryl methyl sites for hydroxylation is 1. The van der Waals surface area contributed by atoms with Gasteiger partial charge in [-0.3, -0.25) is 10.1 Å². The van der Waals surface area contributed by atoms with Gasteiger partial charge in [-0.15, -0.1) is 0 Å². The maximum Gasteiger partial charge on any atom is 0.353 e. The molecule has 1 aromatic heterocycles. The Bertz CT molecular complexity index is 719. The van der Waals surface area contributed by atoms with E-state index in [4.69, 9.17) is 11.6 Å². The zero-order valence-corrected chi connectivity index (χ0v) is 14.0. The van der Waals surface area contributed by atoms with Crippen molar-refractivity contribution < 1.29 is 4.92 Å². The van der Waals surface area contributed by atoms with Gasteiger partial charge in [-0.25, -0.2) is 9.97 Å². The average Bonchev–Trinajstić information content (AvgIpc) is 2.51. The van der Waals surface area contributed by atoms with E-state index < -0.39 is 4.92 Å². The second-order valence-corrected chi connectivity index (χ2v) is 5.34. The van der Waals surface area contributed by atoms with Crippen molar-refractivity contribution in [1.82, 2.24) is 9.97 Å². The van der Waals surface area contributed by atoms with E-state index in [2.05, 4.69) is 15.3 Å².